The van der Waals surface area contributed by atoms with Gasteiger partial charge >= 0.3 is 5.97 Å². The van der Waals surface area contributed by atoms with Gasteiger partial charge in [-0.05, 0) is 23.8 Å². The minimum Gasteiger partial charge on any atom is -0.496 e. The number of aliphatic hydroxyl groups is 3. The first-order chi connectivity index (χ1) is 8.99. The molecule has 6 heteroatoms. The highest BCUT2D eigenvalue weighted by molar-refractivity contribution is 5.86. The third-order valence-corrected chi connectivity index (χ3v) is 2.55. The second-order valence-corrected chi connectivity index (χ2v) is 3.87. The first-order valence-electron chi connectivity index (χ1n) is 5.55. The number of hydrogen-bond donors (Lipinski definition) is 4. The molecule has 2 atom stereocenters. The lowest BCUT2D eigenvalue weighted by Crippen LogP contribution is -2.22. The van der Waals surface area contributed by atoms with Crippen molar-refractivity contribution in [1.82, 2.24) is 0 Å². The zero-order valence-corrected chi connectivity index (χ0v) is 10.4. The van der Waals surface area contributed by atoms with E-state index in [9.17, 15) is 15.0 Å². The average Bonchev–Trinajstić information content (AvgIpc) is 2.42. The Kier molecular flexibility index (Phi) is 5.50. The summed E-state index contributed by atoms with van der Waals surface area (Å²) in [6.07, 6.45) is -0.295. The molecule has 0 aliphatic carbocycles. The molecule has 4 N–H and O–H groups in total. The fourth-order valence-corrected chi connectivity index (χ4v) is 1.55. The number of ether oxygens (including phenoxy) is 1. The summed E-state index contributed by atoms with van der Waals surface area (Å²) in [4.78, 5) is 10.5. The summed E-state index contributed by atoms with van der Waals surface area (Å²) in [6.45, 7) is -0.576. The SMILES string of the molecule is COc1ccc(C(O)C(O)CO)cc1/C=C/C(=O)O. The van der Waals surface area contributed by atoms with Gasteiger partial charge in [0.1, 0.15) is 18.0 Å². The van der Waals surface area contributed by atoms with E-state index in [2.05, 4.69) is 0 Å². The monoisotopic (exact) mass is 268 g/mol. The van der Waals surface area contributed by atoms with Gasteiger partial charge < -0.3 is 25.2 Å². The van der Waals surface area contributed by atoms with Crippen molar-refractivity contribution < 1.29 is 30.0 Å². The van der Waals surface area contributed by atoms with Gasteiger partial charge in [-0.3, -0.25) is 0 Å². The Hall–Kier alpha value is -1.89. The number of aliphatic carboxylic acids is 1. The molecule has 0 aliphatic rings. The van der Waals surface area contributed by atoms with Gasteiger partial charge in [0, 0.05) is 11.6 Å². The van der Waals surface area contributed by atoms with Crippen LogP contribution in [-0.4, -0.2) is 46.2 Å². The molecule has 0 aromatic heterocycles. The summed E-state index contributed by atoms with van der Waals surface area (Å²) in [6, 6.07) is 4.56. The summed E-state index contributed by atoms with van der Waals surface area (Å²) < 4.78 is 5.06. The highest BCUT2D eigenvalue weighted by atomic mass is 16.5. The molecule has 2 unspecified atom stereocenters. The Morgan fingerprint density at radius 1 is 1.42 bits per heavy atom. The molecule has 0 amide bonds. The Labute approximate surface area is 110 Å². The fourth-order valence-electron chi connectivity index (χ4n) is 1.55. The standard InChI is InChI=1S/C13H16O6/c1-19-11-4-2-9(13(18)10(15)7-14)6-8(11)3-5-12(16)17/h2-6,10,13-15,18H,7H2,1H3,(H,16,17)/b5-3+. The van der Waals surface area contributed by atoms with E-state index in [1.807, 2.05) is 0 Å². The second-order valence-electron chi connectivity index (χ2n) is 3.87. The topological polar surface area (TPSA) is 107 Å². The highest BCUT2D eigenvalue weighted by Crippen LogP contribution is 2.26. The number of carbonyl (C=O) groups is 1. The number of methoxy groups -OCH3 is 1. The average molecular weight is 268 g/mol. The third-order valence-electron chi connectivity index (χ3n) is 2.55. The Bertz CT molecular complexity index is 468. The zero-order chi connectivity index (χ0) is 14.4. The van der Waals surface area contributed by atoms with E-state index in [-0.39, 0.29) is 0 Å². The van der Waals surface area contributed by atoms with Crippen molar-refractivity contribution in [2.75, 3.05) is 13.7 Å². The number of rotatable bonds is 6. The Morgan fingerprint density at radius 3 is 2.63 bits per heavy atom. The van der Waals surface area contributed by atoms with Crippen LogP contribution in [0.5, 0.6) is 5.75 Å². The van der Waals surface area contributed by atoms with Crippen LogP contribution in [0.2, 0.25) is 0 Å². The predicted octanol–water partition coefficient (Wildman–Crippen LogP) is 0.180. The molecule has 0 aliphatic heterocycles. The lowest BCUT2D eigenvalue weighted by atomic mass is 10.0. The van der Waals surface area contributed by atoms with E-state index in [0.29, 0.717) is 16.9 Å². The molecule has 0 fully saturated rings. The molecule has 0 heterocycles. The van der Waals surface area contributed by atoms with E-state index in [1.54, 1.807) is 6.07 Å². The van der Waals surface area contributed by atoms with E-state index in [0.717, 1.165) is 6.08 Å². The van der Waals surface area contributed by atoms with Crippen LogP contribution >= 0.6 is 0 Å². The van der Waals surface area contributed by atoms with Crippen molar-refractivity contribution in [2.45, 2.75) is 12.2 Å². The quantitative estimate of drug-likeness (QED) is 0.548. The van der Waals surface area contributed by atoms with Crippen molar-refractivity contribution in [3.05, 3.63) is 35.4 Å². The summed E-state index contributed by atoms with van der Waals surface area (Å²) in [5, 5.41) is 36.5. The maximum absolute atomic E-state index is 10.5. The van der Waals surface area contributed by atoms with Crippen molar-refractivity contribution in [3.63, 3.8) is 0 Å². The first kappa shape index (κ1) is 15.2. The molecule has 19 heavy (non-hydrogen) atoms. The van der Waals surface area contributed by atoms with Gasteiger partial charge in [0.05, 0.1) is 13.7 Å². The first-order valence-corrected chi connectivity index (χ1v) is 5.55. The fraction of sp³-hybridized carbons (Fsp3) is 0.308. The summed E-state index contributed by atoms with van der Waals surface area (Å²) in [5.74, 6) is -0.671. The van der Waals surface area contributed by atoms with Crippen LogP contribution < -0.4 is 4.74 Å². The van der Waals surface area contributed by atoms with Crippen LogP contribution in [-0.2, 0) is 4.79 Å². The zero-order valence-electron chi connectivity index (χ0n) is 10.4. The number of hydrogen-bond acceptors (Lipinski definition) is 5. The highest BCUT2D eigenvalue weighted by Gasteiger charge is 2.18. The molecule has 0 spiro atoms. The van der Waals surface area contributed by atoms with E-state index in [1.165, 1.54) is 25.3 Å². The third kappa shape index (κ3) is 4.06. The Morgan fingerprint density at radius 2 is 2.11 bits per heavy atom. The van der Waals surface area contributed by atoms with E-state index >= 15 is 0 Å². The molecular weight excluding hydrogens is 252 g/mol. The van der Waals surface area contributed by atoms with Crippen LogP contribution in [0.3, 0.4) is 0 Å². The van der Waals surface area contributed by atoms with Crippen LogP contribution in [0.15, 0.2) is 24.3 Å². The molecule has 6 nitrogen and oxygen atoms in total. The van der Waals surface area contributed by atoms with Crippen LogP contribution in [0.4, 0.5) is 0 Å². The minimum atomic E-state index is -1.30. The predicted molar refractivity (Wildman–Crippen MR) is 67.7 cm³/mol. The maximum Gasteiger partial charge on any atom is 0.328 e. The van der Waals surface area contributed by atoms with Crippen molar-refractivity contribution in [2.24, 2.45) is 0 Å². The van der Waals surface area contributed by atoms with Gasteiger partial charge in [-0.2, -0.15) is 0 Å². The summed E-state index contributed by atoms with van der Waals surface area (Å²) in [7, 11) is 1.44. The molecule has 0 radical (unpaired) electrons. The van der Waals surface area contributed by atoms with Gasteiger partial charge in [0.2, 0.25) is 0 Å². The molecule has 0 bridgehead atoms. The van der Waals surface area contributed by atoms with Gasteiger partial charge in [0.15, 0.2) is 0 Å². The molecule has 1 rings (SSSR count). The minimum absolute atomic E-state index is 0.354. The van der Waals surface area contributed by atoms with Crippen LogP contribution in [0, 0.1) is 0 Å². The molecular formula is C13H16O6. The van der Waals surface area contributed by atoms with Crippen molar-refractivity contribution in [1.29, 1.82) is 0 Å². The van der Waals surface area contributed by atoms with Gasteiger partial charge in [-0.15, -0.1) is 0 Å². The maximum atomic E-state index is 10.5. The number of carboxylic acids is 1. The van der Waals surface area contributed by atoms with Crippen LogP contribution in [0.25, 0.3) is 6.08 Å². The smallest absolute Gasteiger partial charge is 0.328 e. The molecule has 104 valence electrons. The van der Waals surface area contributed by atoms with Crippen LogP contribution in [0.1, 0.15) is 17.2 Å². The number of benzene rings is 1. The van der Waals surface area contributed by atoms with Crippen molar-refractivity contribution in [3.8, 4) is 5.75 Å². The number of aliphatic hydroxyl groups excluding tert-OH is 3. The molecule has 0 saturated carbocycles. The molecule has 1 aromatic carbocycles. The molecule has 1 aromatic rings. The van der Waals surface area contributed by atoms with Gasteiger partial charge in [-0.25, -0.2) is 4.79 Å². The molecule has 0 saturated heterocycles. The van der Waals surface area contributed by atoms with Crippen molar-refractivity contribution >= 4 is 12.0 Å². The lowest BCUT2D eigenvalue weighted by molar-refractivity contribution is -0.131. The van der Waals surface area contributed by atoms with E-state index < -0.39 is 24.8 Å². The van der Waals surface area contributed by atoms with Gasteiger partial charge in [-0.1, -0.05) is 6.07 Å². The van der Waals surface area contributed by atoms with Gasteiger partial charge in [0.25, 0.3) is 0 Å². The summed E-state index contributed by atoms with van der Waals surface area (Å²) >= 11 is 0. The second kappa shape index (κ2) is 6.89. The normalized spacial score (nSPS) is 14.3. The summed E-state index contributed by atoms with van der Waals surface area (Å²) in [5.41, 5.74) is 0.805. The number of carboxylic acid groups (broad SMARTS) is 1. The van der Waals surface area contributed by atoms with E-state index in [4.69, 9.17) is 14.9 Å². The Balaban J connectivity index is 3.10. The lowest BCUT2D eigenvalue weighted by Gasteiger charge is -2.17. The largest absolute Gasteiger partial charge is 0.496 e.